The van der Waals surface area contributed by atoms with Crippen LogP contribution in [-0.4, -0.2) is 5.91 Å². The molecule has 2 nitrogen and oxygen atoms in total. The molecule has 2 rings (SSSR count). The molecule has 19 heavy (non-hydrogen) atoms. The first-order valence-electron chi connectivity index (χ1n) is 5.58. The zero-order valence-electron chi connectivity index (χ0n) is 9.86. The van der Waals surface area contributed by atoms with Crippen LogP contribution in [0.2, 0.25) is 5.02 Å². The average Bonchev–Trinajstić information content (AvgIpc) is 2.40. The maximum Gasteiger partial charge on any atom is 0.253 e. The maximum atomic E-state index is 12.1. The van der Waals surface area contributed by atoms with Crippen LogP contribution in [0.3, 0.4) is 0 Å². The molecule has 0 aliphatic carbocycles. The van der Waals surface area contributed by atoms with Crippen molar-refractivity contribution in [2.75, 3.05) is 0 Å². The predicted molar refractivity (Wildman–Crippen MR) is 84.0 cm³/mol. The third kappa shape index (κ3) is 3.75. The van der Waals surface area contributed by atoms with Gasteiger partial charge in [0.25, 0.3) is 5.91 Å². The second-order valence-electron chi connectivity index (χ2n) is 3.94. The van der Waals surface area contributed by atoms with Crippen LogP contribution in [0, 0.1) is 0 Å². The van der Waals surface area contributed by atoms with E-state index < -0.39 is 0 Å². The van der Waals surface area contributed by atoms with Crippen LogP contribution < -0.4 is 5.32 Å². The van der Waals surface area contributed by atoms with Crippen LogP contribution in [0.4, 0.5) is 0 Å². The molecule has 2 aromatic rings. The Bertz CT molecular complexity index is 618. The summed E-state index contributed by atoms with van der Waals surface area (Å²) in [6.07, 6.45) is 0. The Morgan fingerprint density at radius 1 is 1.26 bits per heavy atom. The molecule has 0 unspecified atom stereocenters. The van der Waals surface area contributed by atoms with Gasteiger partial charge in [-0.3, -0.25) is 4.79 Å². The molecule has 1 N–H and O–H groups in total. The first-order chi connectivity index (χ1) is 9.08. The van der Waals surface area contributed by atoms with Gasteiger partial charge in [-0.1, -0.05) is 45.7 Å². The molecule has 98 valence electrons. The lowest BCUT2D eigenvalue weighted by molar-refractivity contribution is 0.0951. The Morgan fingerprint density at radius 2 is 2.00 bits per heavy atom. The van der Waals surface area contributed by atoms with E-state index in [0.717, 1.165) is 10.0 Å². The molecular formula is C14H11BrClNOS. The topological polar surface area (TPSA) is 29.1 Å². The first kappa shape index (κ1) is 14.4. The molecule has 5 heteroatoms. The summed E-state index contributed by atoms with van der Waals surface area (Å²) in [5.41, 5.74) is 1.44. The number of nitrogens with one attached hydrogen (secondary N) is 1. The molecule has 0 saturated carbocycles. The van der Waals surface area contributed by atoms with Crippen molar-refractivity contribution in [3.8, 4) is 0 Å². The van der Waals surface area contributed by atoms with Gasteiger partial charge in [-0.15, -0.1) is 12.6 Å². The van der Waals surface area contributed by atoms with E-state index in [-0.39, 0.29) is 5.91 Å². The Labute approximate surface area is 130 Å². The third-order valence-corrected chi connectivity index (χ3v) is 3.97. The zero-order valence-corrected chi connectivity index (χ0v) is 13.1. The molecular weight excluding hydrogens is 346 g/mol. The fourth-order valence-electron chi connectivity index (χ4n) is 1.60. The summed E-state index contributed by atoms with van der Waals surface area (Å²) < 4.78 is 0.962. The summed E-state index contributed by atoms with van der Waals surface area (Å²) in [6, 6.07) is 12.8. The SMILES string of the molecule is O=C(NCc1ccccc1Br)c1cc(S)ccc1Cl. The average molecular weight is 357 g/mol. The highest BCUT2D eigenvalue weighted by molar-refractivity contribution is 9.10. The van der Waals surface area contributed by atoms with Crippen LogP contribution in [0.5, 0.6) is 0 Å². The second-order valence-corrected chi connectivity index (χ2v) is 5.72. The number of thiol groups is 1. The van der Waals surface area contributed by atoms with E-state index >= 15 is 0 Å². The minimum Gasteiger partial charge on any atom is -0.348 e. The quantitative estimate of drug-likeness (QED) is 0.788. The Balaban J connectivity index is 2.10. The van der Waals surface area contributed by atoms with E-state index in [1.807, 2.05) is 24.3 Å². The number of amides is 1. The lowest BCUT2D eigenvalue weighted by atomic mass is 10.2. The lowest BCUT2D eigenvalue weighted by Gasteiger charge is -2.08. The molecule has 0 aliphatic heterocycles. The molecule has 0 atom stereocenters. The van der Waals surface area contributed by atoms with E-state index in [2.05, 4.69) is 33.9 Å². The molecule has 0 fully saturated rings. The summed E-state index contributed by atoms with van der Waals surface area (Å²) in [5, 5.41) is 3.26. The van der Waals surface area contributed by atoms with Crippen molar-refractivity contribution < 1.29 is 4.79 Å². The van der Waals surface area contributed by atoms with Gasteiger partial charge in [-0.25, -0.2) is 0 Å². The van der Waals surface area contributed by atoms with E-state index in [4.69, 9.17) is 11.6 Å². The highest BCUT2D eigenvalue weighted by Gasteiger charge is 2.10. The van der Waals surface area contributed by atoms with Crippen LogP contribution in [0.25, 0.3) is 0 Å². The highest BCUT2D eigenvalue weighted by atomic mass is 79.9. The van der Waals surface area contributed by atoms with E-state index in [9.17, 15) is 4.79 Å². The summed E-state index contributed by atoms with van der Waals surface area (Å²) in [4.78, 5) is 12.8. The largest absolute Gasteiger partial charge is 0.348 e. The molecule has 0 saturated heterocycles. The van der Waals surface area contributed by atoms with Gasteiger partial charge < -0.3 is 5.32 Å². The van der Waals surface area contributed by atoms with Gasteiger partial charge in [0.15, 0.2) is 0 Å². The number of hydrogen-bond donors (Lipinski definition) is 2. The van der Waals surface area contributed by atoms with Crippen LogP contribution >= 0.6 is 40.2 Å². The van der Waals surface area contributed by atoms with Gasteiger partial charge in [0.05, 0.1) is 10.6 Å². The maximum absolute atomic E-state index is 12.1. The minimum absolute atomic E-state index is 0.211. The Hall–Kier alpha value is -0.970. The van der Waals surface area contributed by atoms with E-state index in [1.165, 1.54) is 0 Å². The Morgan fingerprint density at radius 3 is 2.74 bits per heavy atom. The van der Waals surface area contributed by atoms with Gasteiger partial charge >= 0.3 is 0 Å². The van der Waals surface area contributed by atoms with E-state index in [1.54, 1.807) is 18.2 Å². The summed E-state index contributed by atoms with van der Waals surface area (Å²) in [6.45, 7) is 0.438. The van der Waals surface area contributed by atoms with Crippen molar-refractivity contribution in [3.05, 3.63) is 63.1 Å². The van der Waals surface area contributed by atoms with Crippen LogP contribution in [-0.2, 0) is 6.54 Å². The smallest absolute Gasteiger partial charge is 0.253 e. The molecule has 1 amide bonds. The van der Waals surface area contributed by atoms with Gasteiger partial charge in [0, 0.05) is 15.9 Å². The number of halogens is 2. The molecule has 0 bridgehead atoms. The van der Waals surface area contributed by atoms with Crippen molar-refractivity contribution in [2.45, 2.75) is 11.4 Å². The monoisotopic (exact) mass is 355 g/mol. The van der Waals surface area contributed by atoms with Gasteiger partial charge in [0.2, 0.25) is 0 Å². The van der Waals surface area contributed by atoms with Crippen molar-refractivity contribution >= 4 is 46.1 Å². The van der Waals surface area contributed by atoms with E-state index in [0.29, 0.717) is 22.0 Å². The standard InChI is InChI=1S/C14H11BrClNOS/c15-12-4-2-1-3-9(12)8-17-14(18)11-7-10(19)5-6-13(11)16/h1-7,19H,8H2,(H,17,18). The van der Waals surface area contributed by atoms with Gasteiger partial charge in [0.1, 0.15) is 0 Å². The Kier molecular flexibility index (Phi) is 4.91. The number of carbonyl (C=O) groups excluding carboxylic acids is 1. The molecule has 0 spiro atoms. The summed E-state index contributed by atoms with van der Waals surface area (Å²) in [5.74, 6) is -0.211. The van der Waals surface area contributed by atoms with Crippen molar-refractivity contribution in [2.24, 2.45) is 0 Å². The molecule has 0 aliphatic rings. The molecule has 2 aromatic carbocycles. The number of hydrogen-bond acceptors (Lipinski definition) is 2. The fraction of sp³-hybridized carbons (Fsp3) is 0.0714. The fourth-order valence-corrected chi connectivity index (χ4v) is 2.43. The number of carbonyl (C=O) groups is 1. The van der Waals surface area contributed by atoms with Crippen molar-refractivity contribution in [3.63, 3.8) is 0 Å². The van der Waals surface area contributed by atoms with Crippen LogP contribution in [0.1, 0.15) is 15.9 Å². The zero-order chi connectivity index (χ0) is 13.8. The normalized spacial score (nSPS) is 10.3. The molecule has 0 radical (unpaired) electrons. The summed E-state index contributed by atoms with van der Waals surface area (Å²) >= 11 is 13.6. The molecule has 0 heterocycles. The summed E-state index contributed by atoms with van der Waals surface area (Å²) in [7, 11) is 0. The van der Waals surface area contributed by atoms with Gasteiger partial charge in [-0.05, 0) is 29.8 Å². The van der Waals surface area contributed by atoms with Gasteiger partial charge in [-0.2, -0.15) is 0 Å². The third-order valence-electron chi connectivity index (χ3n) is 2.59. The van der Waals surface area contributed by atoms with Crippen molar-refractivity contribution in [1.82, 2.24) is 5.32 Å². The molecule has 0 aromatic heterocycles. The number of benzene rings is 2. The minimum atomic E-state index is -0.211. The first-order valence-corrected chi connectivity index (χ1v) is 7.20. The number of rotatable bonds is 3. The second kappa shape index (κ2) is 6.46. The highest BCUT2D eigenvalue weighted by Crippen LogP contribution is 2.20. The van der Waals surface area contributed by atoms with Crippen molar-refractivity contribution in [1.29, 1.82) is 0 Å². The predicted octanol–water partition coefficient (Wildman–Crippen LogP) is 4.32. The van der Waals surface area contributed by atoms with Crippen LogP contribution in [0.15, 0.2) is 51.8 Å². The lowest BCUT2D eigenvalue weighted by Crippen LogP contribution is -2.23.